The van der Waals surface area contributed by atoms with E-state index in [9.17, 15) is 9.90 Å². The average Bonchev–Trinajstić information content (AvgIpc) is 2.93. The molecule has 0 spiro atoms. The number of tetrazole rings is 1. The molecule has 3 rings (SSSR count). The summed E-state index contributed by atoms with van der Waals surface area (Å²) in [7, 11) is 1.57. The molecule has 0 atom stereocenters. The molecule has 0 amide bonds. The first kappa shape index (κ1) is 12.1. The molecule has 100 valence electrons. The van der Waals surface area contributed by atoms with Crippen LogP contribution in [0.25, 0.3) is 10.7 Å². The standard InChI is InChI=1S/C11H12N4O3S/c1-18-7-3-6-19-8(7)9-12-13-14-15(9)11(10(16)17)4-2-5-11/h3,6H,2,4-5H2,1H3,(H,16,17). The molecule has 0 aromatic carbocycles. The Hall–Kier alpha value is -1.96. The number of aromatic nitrogens is 4. The van der Waals surface area contributed by atoms with Gasteiger partial charge in [0.15, 0.2) is 11.4 Å². The highest BCUT2D eigenvalue weighted by Gasteiger charge is 2.49. The van der Waals surface area contributed by atoms with Gasteiger partial charge in [0.25, 0.3) is 0 Å². The van der Waals surface area contributed by atoms with Gasteiger partial charge in [-0.3, -0.25) is 0 Å². The Kier molecular flexibility index (Phi) is 2.74. The Labute approximate surface area is 112 Å². The van der Waals surface area contributed by atoms with E-state index in [1.165, 1.54) is 16.0 Å². The smallest absolute Gasteiger partial charge is 0.331 e. The largest absolute Gasteiger partial charge is 0.495 e. The molecule has 0 saturated heterocycles. The van der Waals surface area contributed by atoms with Crippen molar-refractivity contribution < 1.29 is 14.6 Å². The lowest BCUT2D eigenvalue weighted by molar-refractivity contribution is -0.153. The third kappa shape index (κ3) is 1.63. The Balaban J connectivity index is 2.11. The number of thiophene rings is 1. The van der Waals surface area contributed by atoms with Crippen LogP contribution in [0.1, 0.15) is 19.3 Å². The zero-order valence-corrected chi connectivity index (χ0v) is 11.1. The Morgan fingerprint density at radius 1 is 1.58 bits per heavy atom. The summed E-state index contributed by atoms with van der Waals surface area (Å²) in [5.41, 5.74) is -1.01. The minimum atomic E-state index is -1.01. The molecule has 0 unspecified atom stereocenters. The lowest BCUT2D eigenvalue weighted by Crippen LogP contribution is -2.48. The number of nitrogens with zero attached hydrogens (tertiary/aromatic N) is 4. The first-order valence-electron chi connectivity index (χ1n) is 5.83. The second-order valence-corrected chi connectivity index (χ2v) is 5.34. The van der Waals surface area contributed by atoms with Gasteiger partial charge in [-0.2, -0.15) is 0 Å². The van der Waals surface area contributed by atoms with Crippen molar-refractivity contribution in [3.63, 3.8) is 0 Å². The predicted octanol–water partition coefficient (Wildman–Crippen LogP) is 1.37. The van der Waals surface area contributed by atoms with Gasteiger partial charge in [0.1, 0.15) is 10.6 Å². The van der Waals surface area contributed by atoms with Crippen LogP contribution in [0.5, 0.6) is 5.75 Å². The highest BCUT2D eigenvalue weighted by Crippen LogP contribution is 2.43. The SMILES string of the molecule is COc1ccsc1-c1nnnn1C1(C(=O)O)CCC1. The first-order chi connectivity index (χ1) is 9.19. The molecule has 2 aromatic heterocycles. The summed E-state index contributed by atoms with van der Waals surface area (Å²) in [5, 5.41) is 22.8. The number of methoxy groups -OCH3 is 1. The van der Waals surface area contributed by atoms with Gasteiger partial charge in [0.2, 0.25) is 0 Å². The molecule has 1 aliphatic rings. The molecule has 1 N–H and O–H groups in total. The normalized spacial score (nSPS) is 16.9. The number of rotatable bonds is 4. The number of carboxylic acid groups (broad SMARTS) is 1. The van der Waals surface area contributed by atoms with Gasteiger partial charge in [-0.05, 0) is 41.1 Å². The molecule has 2 aromatic rings. The average molecular weight is 280 g/mol. The Morgan fingerprint density at radius 2 is 2.37 bits per heavy atom. The number of aliphatic carboxylic acids is 1. The Morgan fingerprint density at radius 3 is 2.95 bits per heavy atom. The van der Waals surface area contributed by atoms with Crippen molar-refractivity contribution in [3.8, 4) is 16.5 Å². The molecular formula is C11H12N4O3S. The summed E-state index contributed by atoms with van der Waals surface area (Å²) in [5.74, 6) is 0.220. The second kappa shape index (κ2) is 4.30. The molecule has 7 nitrogen and oxygen atoms in total. The van der Waals surface area contributed by atoms with E-state index in [1.54, 1.807) is 7.11 Å². The van der Waals surface area contributed by atoms with Gasteiger partial charge >= 0.3 is 5.97 Å². The fourth-order valence-electron chi connectivity index (χ4n) is 2.27. The molecule has 1 saturated carbocycles. The minimum Gasteiger partial charge on any atom is -0.495 e. The van der Waals surface area contributed by atoms with Crippen LogP contribution < -0.4 is 4.74 Å². The molecule has 2 heterocycles. The highest BCUT2D eigenvalue weighted by molar-refractivity contribution is 7.13. The lowest BCUT2D eigenvalue weighted by Gasteiger charge is -2.37. The fourth-order valence-corrected chi connectivity index (χ4v) is 3.09. The van der Waals surface area contributed by atoms with E-state index in [4.69, 9.17) is 4.74 Å². The van der Waals surface area contributed by atoms with Crippen LogP contribution in [0, 0.1) is 0 Å². The number of hydrogen-bond acceptors (Lipinski definition) is 6. The number of ether oxygens (including phenoxy) is 1. The minimum absolute atomic E-state index is 0.453. The number of carboxylic acids is 1. The molecular weight excluding hydrogens is 268 g/mol. The van der Waals surface area contributed by atoms with Crippen LogP contribution in [0.3, 0.4) is 0 Å². The number of hydrogen-bond donors (Lipinski definition) is 1. The van der Waals surface area contributed by atoms with E-state index >= 15 is 0 Å². The van der Waals surface area contributed by atoms with Gasteiger partial charge in [-0.25, -0.2) is 9.48 Å². The maximum atomic E-state index is 11.5. The van der Waals surface area contributed by atoms with Crippen molar-refractivity contribution >= 4 is 17.3 Å². The molecule has 8 heteroatoms. The molecule has 0 aliphatic heterocycles. The van der Waals surface area contributed by atoms with E-state index < -0.39 is 11.5 Å². The molecule has 1 fully saturated rings. The van der Waals surface area contributed by atoms with Crippen LogP contribution in [0.4, 0.5) is 0 Å². The lowest BCUT2D eigenvalue weighted by atomic mass is 9.77. The quantitative estimate of drug-likeness (QED) is 0.909. The van der Waals surface area contributed by atoms with Crippen molar-refractivity contribution in [2.75, 3.05) is 7.11 Å². The van der Waals surface area contributed by atoms with E-state index in [-0.39, 0.29) is 0 Å². The first-order valence-corrected chi connectivity index (χ1v) is 6.71. The third-order valence-electron chi connectivity index (χ3n) is 3.51. The van der Waals surface area contributed by atoms with E-state index in [0.717, 1.165) is 11.3 Å². The van der Waals surface area contributed by atoms with E-state index in [0.29, 0.717) is 24.4 Å². The van der Waals surface area contributed by atoms with Crippen LogP contribution >= 0.6 is 11.3 Å². The van der Waals surface area contributed by atoms with E-state index in [1.807, 2.05) is 11.4 Å². The van der Waals surface area contributed by atoms with E-state index in [2.05, 4.69) is 15.5 Å². The maximum absolute atomic E-state index is 11.5. The summed E-state index contributed by atoms with van der Waals surface area (Å²) < 4.78 is 6.67. The van der Waals surface area contributed by atoms with Crippen molar-refractivity contribution in [2.24, 2.45) is 0 Å². The predicted molar refractivity (Wildman–Crippen MR) is 67.1 cm³/mol. The van der Waals surface area contributed by atoms with Crippen molar-refractivity contribution in [3.05, 3.63) is 11.4 Å². The van der Waals surface area contributed by atoms with Crippen LogP contribution in [-0.2, 0) is 10.3 Å². The molecule has 0 radical (unpaired) electrons. The summed E-state index contributed by atoms with van der Waals surface area (Å²) in [6, 6.07) is 1.81. The zero-order chi connectivity index (χ0) is 13.5. The van der Waals surface area contributed by atoms with Gasteiger partial charge in [-0.15, -0.1) is 16.4 Å². The summed E-state index contributed by atoms with van der Waals surface area (Å²) in [4.78, 5) is 12.3. The maximum Gasteiger partial charge on any atom is 0.331 e. The molecule has 0 bridgehead atoms. The summed E-state index contributed by atoms with van der Waals surface area (Å²) in [6.45, 7) is 0. The van der Waals surface area contributed by atoms with Crippen molar-refractivity contribution in [1.82, 2.24) is 20.2 Å². The summed E-state index contributed by atoms with van der Waals surface area (Å²) in [6.07, 6.45) is 1.97. The number of carbonyl (C=O) groups is 1. The van der Waals surface area contributed by atoms with Gasteiger partial charge < -0.3 is 9.84 Å². The van der Waals surface area contributed by atoms with Crippen LogP contribution in [0.15, 0.2) is 11.4 Å². The van der Waals surface area contributed by atoms with Gasteiger partial charge in [0.05, 0.1) is 7.11 Å². The third-order valence-corrected chi connectivity index (χ3v) is 4.40. The molecule has 1 aliphatic carbocycles. The fraction of sp³-hybridized carbons (Fsp3) is 0.455. The molecule has 19 heavy (non-hydrogen) atoms. The monoisotopic (exact) mass is 280 g/mol. The van der Waals surface area contributed by atoms with Crippen LogP contribution in [-0.4, -0.2) is 38.4 Å². The summed E-state index contributed by atoms with van der Waals surface area (Å²) >= 11 is 1.43. The highest BCUT2D eigenvalue weighted by atomic mass is 32.1. The van der Waals surface area contributed by atoms with Crippen LogP contribution in [0.2, 0.25) is 0 Å². The second-order valence-electron chi connectivity index (χ2n) is 4.42. The topological polar surface area (TPSA) is 90.1 Å². The Bertz CT molecular complexity index is 617. The van der Waals surface area contributed by atoms with Crippen molar-refractivity contribution in [1.29, 1.82) is 0 Å². The van der Waals surface area contributed by atoms with Gasteiger partial charge in [-0.1, -0.05) is 0 Å². The van der Waals surface area contributed by atoms with Gasteiger partial charge in [0, 0.05) is 0 Å². The zero-order valence-electron chi connectivity index (χ0n) is 10.2. The van der Waals surface area contributed by atoms with Crippen molar-refractivity contribution in [2.45, 2.75) is 24.8 Å².